The van der Waals surface area contributed by atoms with Crippen molar-refractivity contribution in [2.75, 3.05) is 6.61 Å². The van der Waals surface area contributed by atoms with Crippen LogP contribution in [0.25, 0.3) is 0 Å². The van der Waals surface area contributed by atoms with Crippen molar-refractivity contribution in [2.45, 2.75) is 32.2 Å². The molecule has 1 unspecified atom stereocenters. The molecule has 0 spiro atoms. The first-order chi connectivity index (χ1) is 10.1. The first kappa shape index (κ1) is 14.6. The summed E-state index contributed by atoms with van der Waals surface area (Å²) in [6, 6.07) is 12.9. The number of nitrogens with two attached hydrogens (primary N) is 1. The Bertz CT molecular complexity index is 654. The molecule has 1 atom stereocenters. The third kappa shape index (κ3) is 3.30. The van der Waals surface area contributed by atoms with Gasteiger partial charge in [0, 0.05) is 16.9 Å². The number of aryl methyl sites for hydroxylation is 2. The Labute approximate surface area is 134 Å². The number of hydrogen-bond donors (Lipinski definition) is 1. The molecule has 2 nitrogen and oxygen atoms in total. The van der Waals surface area contributed by atoms with Crippen molar-refractivity contribution < 1.29 is 4.74 Å². The summed E-state index contributed by atoms with van der Waals surface area (Å²) >= 11 is 3.52. The van der Waals surface area contributed by atoms with Crippen LogP contribution in [-0.4, -0.2) is 6.61 Å². The Morgan fingerprint density at radius 3 is 2.95 bits per heavy atom. The van der Waals surface area contributed by atoms with Crippen molar-refractivity contribution in [3.8, 4) is 5.75 Å². The molecule has 2 aromatic rings. The summed E-state index contributed by atoms with van der Waals surface area (Å²) in [7, 11) is 0. The van der Waals surface area contributed by atoms with E-state index in [1.807, 2.05) is 0 Å². The van der Waals surface area contributed by atoms with Gasteiger partial charge in [-0.05, 0) is 60.2 Å². The van der Waals surface area contributed by atoms with Crippen molar-refractivity contribution >= 4 is 15.9 Å². The highest BCUT2D eigenvalue weighted by Gasteiger charge is 2.13. The van der Waals surface area contributed by atoms with Crippen molar-refractivity contribution in [1.29, 1.82) is 0 Å². The number of fused-ring (bicyclic) bond motifs is 1. The Morgan fingerprint density at radius 1 is 1.24 bits per heavy atom. The van der Waals surface area contributed by atoms with E-state index in [0.29, 0.717) is 0 Å². The fourth-order valence-corrected chi connectivity index (χ4v) is 3.26. The highest BCUT2D eigenvalue weighted by atomic mass is 79.9. The zero-order valence-electron chi connectivity index (χ0n) is 12.2. The van der Waals surface area contributed by atoms with Crippen LogP contribution in [0.15, 0.2) is 40.9 Å². The minimum atomic E-state index is 0.0759. The normalized spacial score (nSPS) is 14.6. The minimum Gasteiger partial charge on any atom is -0.493 e. The number of rotatable bonds is 4. The largest absolute Gasteiger partial charge is 0.493 e. The fraction of sp³-hybridized carbons (Fsp3) is 0.333. The van der Waals surface area contributed by atoms with E-state index in [1.54, 1.807) is 0 Å². The molecule has 110 valence electrons. The SMILES string of the molecule is Cc1ccc(Br)cc1C(N)CCc1ccc2c(c1)CCO2. The van der Waals surface area contributed by atoms with E-state index in [-0.39, 0.29) is 6.04 Å². The fourth-order valence-electron chi connectivity index (χ4n) is 2.88. The second-order valence-electron chi connectivity index (χ2n) is 5.69. The van der Waals surface area contributed by atoms with Crippen LogP contribution in [-0.2, 0) is 12.8 Å². The number of hydrogen-bond acceptors (Lipinski definition) is 2. The molecule has 3 rings (SSSR count). The van der Waals surface area contributed by atoms with Crippen LogP contribution in [0, 0.1) is 6.92 Å². The molecule has 0 aliphatic carbocycles. The van der Waals surface area contributed by atoms with Crippen molar-refractivity contribution in [3.63, 3.8) is 0 Å². The Hall–Kier alpha value is -1.32. The summed E-state index contributed by atoms with van der Waals surface area (Å²) in [5, 5.41) is 0. The monoisotopic (exact) mass is 345 g/mol. The lowest BCUT2D eigenvalue weighted by molar-refractivity contribution is 0.357. The van der Waals surface area contributed by atoms with Gasteiger partial charge >= 0.3 is 0 Å². The van der Waals surface area contributed by atoms with Crippen molar-refractivity contribution in [3.05, 3.63) is 63.1 Å². The number of ether oxygens (including phenoxy) is 1. The molecular weight excluding hydrogens is 326 g/mol. The predicted molar refractivity (Wildman–Crippen MR) is 89.8 cm³/mol. The van der Waals surface area contributed by atoms with Crippen LogP contribution in [0.2, 0.25) is 0 Å². The van der Waals surface area contributed by atoms with Gasteiger partial charge in [0.25, 0.3) is 0 Å². The number of halogens is 1. The van der Waals surface area contributed by atoms with E-state index in [2.05, 4.69) is 59.3 Å². The highest BCUT2D eigenvalue weighted by Crippen LogP contribution is 2.28. The standard InChI is InChI=1S/C18H20BrNO/c1-12-2-5-15(19)11-16(12)17(20)6-3-13-4-7-18-14(10-13)8-9-21-18/h2,4-5,7,10-11,17H,3,6,8-9,20H2,1H3. The van der Waals surface area contributed by atoms with Crippen molar-refractivity contribution in [2.24, 2.45) is 5.73 Å². The molecule has 0 radical (unpaired) electrons. The maximum Gasteiger partial charge on any atom is 0.122 e. The Morgan fingerprint density at radius 2 is 2.10 bits per heavy atom. The second-order valence-corrected chi connectivity index (χ2v) is 6.60. The summed E-state index contributed by atoms with van der Waals surface area (Å²) in [5.41, 5.74) is 11.6. The van der Waals surface area contributed by atoms with Crippen molar-refractivity contribution in [1.82, 2.24) is 0 Å². The molecule has 1 heterocycles. The summed E-state index contributed by atoms with van der Waals surface area (Å²) in [6.07, 6.45) is 2.98. The Kier molecular flexibility index (Phi) is 4.32. The molecule has 0 fully saturated rings. The van der Waals surface area contributed by atoms with Gasteiger partial charge in [-0.15, -0.1) is 0 Å². The molecule has 0 saturated heterocycles. The average Bonchev–Trinajstić information content (AvgIpc) is 2.94. The lowest BCUT2D eigenvalue weighted by Crippen LogP contribution is -2.12. The first-order valence-electron chi connectivity index (χ1n) is 7.40. The zero-order chi connectivity index (χ0) is 14.8. The lowest BCUT2D eigenvalue weighted by atomic mass is 9.95. The molecule has 2 N–H and O–H groups in total. The van der Waals surface area contributed by atoms with E-state index in [9.17, 15) is 0 Å². The molecular formula is C18H20BrNO. The van der Waals surface area contributed by atoms with Gasteiger partial charge in [-0.1, -0.05) is 34.1 Å². The predicted octanol–water partition coefficient (Wildman–Crippen LogP) is 4.33. The molecule has 0 bridgehead atoms. The highest BCUT2D eigenvalue weighted by molar-refractivity contribution is 9.10. The van der Waals surface area contributed by atoms with E-state index in [0.717, 1.165) is 36.1 Å². The van der Waals surface area contributed by atoms with Crippen LogP contribution in [0.4, 0.5) is 0 Å². The third-order valence-electron chi connectivity index (χ3n) is 4.14. The third-order valence-corrected chi connectivity index (χ3v) is 4.63. The van der Waals surface area contributed by atoms with Gasteiger partial charge in [0.05, 0.1) is 6.61 Å². The van der Waals surface area contributed by atoms with Crippen LogP contribution in [0.3, 0.4) is 0 Å². The van der Waals surface area contributed by atoms with Gasteiger partial charge in [0.1, 0.15) is 5.75 Å². The molecule has 2 aromatic carbocycles. The van der Waals surface area contributed by atoms with Gasteiger partial charge in [-0.3, -0.25) is 0 Å². The summed E-state index contributed by atoms with van der Waals surface area (Å²) < 4.78 is 6.64. The molecule has 0 amide bonds. The first-order valence-corrected chi connectivity index (χ1v) is 8.19. The molecule has 3 heteroatoms. The van der Waals surface area contributed by atoms with Gasteiger partial charge in [-0.25, -0.2) is 0 Å². The maximum atomic E-state index is 6.38. The van der Waals surface area contributed by atoms with Crippen LogP contribution < -0.4 is 10.5 Å². The van der Waals surface area contributed by atoms with Gasteiger partial charge in [0.15, 0.2) is 0 Å². The quantitative estimate of drug-likeness (QED) is 0.895. The smallest absolute Gasteiger partial charge is 0.122 e. The van der Waals surface area contributed by atoms with Gasteiger partial charge in [-0.2, -0.15) is 0 Å². The van der Waals surface area contributed by atoms with E-state index in [1.165, 1.54) is 22.3 Å². The van der Waals surface area contributed by atoms with Gasteiger partial charge < -0.3 is 10.5 Å². The molecule has 1 aliphatic heterocycles. The van der Waals surface area contributed by atoms with E-state index >= 15 is 0 Å². The summed E-state index contributed by atoms with van der Waals surface area (Å²) in [5.74, 6) is 1.05. The molecule has 21 heavy (non-hydrogen) atoms. The Balaban J connectivity index is 1.68. The van der Waals surface area contributed by atoms with Crippen LogP contribution >= 0.6 is 15.9 Å². The van der Waals surface area contributed by atoms with E-state index in [4.69, 9.17) is 10.5 Å². The molecule has 1 aliphatic rings. The van der Waals surface area contributed by atoms with Gasteiger partial charge in [0.2, 0.25) is 0 Å². The van der Waals surface area contributed by atoms with E-state index < -0.39 is 0 Å². The molecule has 0 aromatic heterocycles. The average molecular weight is 346 g/mol. The zero-order valence-corrected chi connectivity index (χ0v) is 13.8. The number of benzene rings is 2. The minimum absolute atomic E-state index is 0.0759. The van der Waals surface area contributed by atoms with Crippen LogP contribution in [0.1, 0.15) is 34.7 Å². The van der Waals surface area contributed by atoms with Crippen LogP contribution in [0.5, 0.6) is 5.75 Å². The maximum absolute atomic E-state index is 6.38. The summed E-state index contributed by atoms with van der Waals surface area (Å²) in [4.78, 5) is 0. The topological polar surface area (TPSA) is 35.2 Å². The summed E-state index contributed by atoms with van der Waals surface area (Å²) in [6.45, 7) is 2.93. The molecule has 0 saturated carbocycles. The second kappa shape index (κ2) is 6.20. The lowest BCUT2D eigenvalue weighted by Gasteiger charge is -2.15.